The number of aromatic nitrogens is 4. The standard InChI is InChI=1S/C19H26N6/c1-14-6-18(22-13-21-14)24-10-15-8-23(9-16(15)11-24)12-19-20-7-17-4-2-3-5-25(17)19/h6-7,13,15-16H,2-5,8-12H2,1H3. The van der Waals surface area contributed by atoms with E-state index in [4.69, 9.17) is 4.98 Å². The molecule has 2 saturated heterocycles. The molecule has 5 rings (SSSR count). The minimum Gasteiger partial charge on any atom is -0.356 e. The van der Waals surface area contributed by atoms with Gasteiger partial charge in [-0.05, 0) is 38.0 Å². The van der Waals surface area contributed by atoms with Gasteiger partial charge >= 0.3 is 0 Å². The van der Waals surface area contributed by atoms with Crippen LogP contribution in [0.15, 0.2) is 18.6 Å². The number of hydrogen-bond donors (Lipinski definition) is 0. The highest BCUT2D eigenvalue weighted by atomic mass is 15.3. The Bertz CT molecular complexity index is 755. The zero-order valence-electron chi connectivity index (χ0n) is 14.9. The van der Waals surface area contributed by atoms with Crippen molar-refractivity contribution in [2.75, 3.05) is 31.1 Å². The summed E-state index contributed by atoms with van der Waals surface area (Å²) in [5, 5.41) is 0. The van der Waals surface area contributed by atoms with Gasteiger partial charge in [0.1, 0.15) is 18.0 Å². The van der Waals surface area contributed by atoms with Crippen LogP contribution in [0.1, 0.15) is 30.1 Å². The molecule has 5 heterocycles. The number of hydrogen-bond acceptors (Lipinski definition) is 5. The third-order valence-electron chi connectivity index (χ3n) is 6.13. The number of fused-ring (bicyclic) bond motifs is 2. The van der Waals surface area contributed by atoms with Crippen LogP contribution in [-0.2, 0) is 19.5 Å². The molecule has 0 aromatic carbocycles. The first-order valence-corrected chi connectivity index (χ1v) is 9.55. The summed E-state index contributed by atoms with van der Waals surface area (Å²) in [6.07, 6.45) is 7.61. The number of rotatable bonds is 3. The first-order chi connectivity index (χ1) is 12.3. The third kappa shape index (κ3) is 2.82. The van der Waals surface area contributed by atoms with E-state index in [0.29, 0.717) is 0 Å². The van der Waals surface area contributed by atoms with Crippen molar-refractivity contribution < 1.29 is 0 Å². The van der Waals surface area contributed by atoms with Gasteiger partial charge in [0, 0.05) is 56.4 Å². The molecule has 132 valence electrons. The second-order valence-electron chi connectivity index (χ2n) is 7.91. The van der Waals surface area contributed by atoms with E-state index in [2.05, 4.69) is 36.6 Å². The molecule has 0 N–H and O–H groups in total. The summed E-state index contributed by atoms with van der Waals surface area (Å²) in [4.78, 5) is 18.5. The molecule has 6 heteroatoms. The summed E-state index contributed by atoms with van der Waals surface area (Å²) in [7, 11) is 0. The molecule has 0 spiro atoms. The third-order valence-corrected chi connectivity index (χ3v) is 6.13. The average Bonchev–Trinajstić information content (AvgIpc) is 3.29. The molecule has 2 unspecified atom stereocenters. The molecule has 0 bridgehead atoms. The van der Waals surface area contributed by atoms with Gasteiger partial charge in [-0.2, -0.15) is 0 Å². The summed E-state index contributed by atoms with van der Waals surface area (Å²) in [6.45, 7) is 8.83. The van der Waals surface area contributed by atoms with Crippen LogP contribution in [0.4, 0.5) is 5.82 Å². The molecule has 3 aliphatic rings. The Kier molecular flexibility index (Phi) is 3.73. The van der Waals surface area contributed by atoms with Gasteiger partial charge in [0.15, 0.2) is 0 Å². The average molecular weight is 338 g/mol. The van der Waals surface area contributed by atoms with Crippen LogP contribution in [-0.4, -0.2) is 50.6 Å². The van der Waals surface area contributed by atoms with E-state index in [1.165, 1.54) is 43.9 Å². The maximum Gasteiger partial charge on any atom is 0.132 e. The molecule has 2 fully saturated rings. The fourth-order valence-electron chi connectivity index (χ4n) is 4.85. The van der Waals surface area contributed by atoms with Crippen LogP contribution < -0.4 is 4.90 Å². The van der Waals surface area contributed by atoms with Crippen molar-refractivity contribution >= 4 is 5.82 Å². The number of nitrogens with zero attached hydrogens (tertiary/aromatic N) is 6. The minimum atomic E-state index is 0.756. The summed E-state index contributed by atoms with van der Waals surface area (Å²) in [5.41, 5.74) is 2.48. The monoisotopic (exact) mass is 338 g/mol. The second kappa shape index (κ2) is 6.09. The lowest BCUT2D eigenvalue weighted by molar-refractivity contribution is 0.293. The molecule has 0 amide bonds. The van der Waals surface area contributed by atoms with Crippen molar-refractivity contribution in [1.29, 1.82) is 0 Å². The van der Waals surface area contributed by atoms with Crippen molar-refractivity contribution in [1.82, 2.24) is 24.4 Å². The first kappa shape index (κ1) is 15.3. The normalized spacial score (nSPS) is 26.0. The molecule has 2 aromatic heterocycles. The van der Waals surface area contributed by atoms with E-state index in [1.54, 1.807) is 6.33 Å². The van der Waals surface area contributed by atoms with Gasteiger partial charge in [-0.3, -0.25) is 4.90 Å². The van der Waals surface area contributed by atoms with Gasteiger partial charge in [-0.15, -0.1) is 0 Å². The fraction of sp³-hybridized carbons (Fsp3) is 0.632. The minimum absolute atomic E-state index is 0.756. The van der Waals surface area contributed by atoms with E-state index in [0.717, 1.165) is 49.5 Å². The fourth-order valence-corrected chi connectivity index (χ4v) is 4.85. The Labute approximate surface area is 148 Å². The highest BCUT2D eigenvalue weighted by molar-refractivity contribution is 5.40. The predicted molar refractivity (Wildman–Crippen MR) is 96.4 cm³/mol. The van der Waals surface area contributed by atoms with Crippen LogP contribution in [0.3, 0.4) is 0 Å². The highest BCUT2D eigenvalue weighted by Crippen LogP contribution is 2.34. The van der Waals surface area contributed by atoms with Crippen molar-refractivity contribution in [3.05, 3.63) is 35.8 Å². The zero-order valence-corrected chi connectivity index (χ0v) is 14.9. The van der Waals surface area contributed by atoms with E-state index in [9.17, 15) is 0 Å². The number of imidazole rings is 1. The Balaban J connectivity index is 1.23. The quantitative estimate of drug-likeness (QED) is 0.855. The van der Waals surface area contributed by atoms with Gasteiger partial charge in [0.25, 0.3) is 0 Å². The molecule has 0 radical (unpaired) electrons. The predicted octanol–water partition coefficient (Wildman–Crippen LogP) is 1.89. The summed E-state index contributed by atoms with van der Waals surface area (Å²) >= 11 is 0. The largest absolute Gasteiger partial charge is 0.356 e. The molecule has 3 aliphatic heterocycles. The summed E-state index contributed by atoms with van der Waals surface area (Å²) in [6, 6.07) is 2.11. The topological polar surface area (TPSA) is 50.1 Å². The molecular formula is C19H26N6. The van der Waals surface area contributed by atoms with Crippen LogP contribution in [0, 0.1) is 18.8 Å². The molecule has 2 aromatic rings. The van der Waals surface area contributed by atoms with Crippen molar-refractivity contribution in [2.45, 2.75) is 39.3 Å². The molecular weight excluding hydrogens is 312 g/mol. The van der Waals surface area contributed by atoms with Crippen LogP contribution in [0.5, 0.6) is 0 Å². The van der Waals surface area contributed by atoms with Gasteiger partial charge in [-0.25, -0.2) is 15.0 Å². The summed E-state index contributed by atoms with van der Waals surface area (Å²) < 4.78 is 2.47. The highest BCUT2D eigenvalue weighted by Gasteiger charge is 2.40. The van der Waals surface area contributed by atoms with Gasteiger partial charge < -0.3 is 9.47 Å². The number of anilines is 1. The number of likely N-dealkylation sites (tertiary alicyclic amines) is 1. The SMILES string of the molecule is Cc1cc(N2CC3CN(Cc4ncc5n4CCCC5)CC3C2)ncn1. The van der Waals surface area contributed by atoms with Crippen LogP contribution >= 0.6 is 0 Å². The first-order valence-electron chi connectivity index (χ1n) is 9.55. The van der Waals surface area contributed by atoms with E-state index in [-0.39, 0.29) is 0 Å². The zero-order chi connectivity index (χ0) is 16.8. The van der Waals surface area contributed by atoms with E-state index in [1.807, 2.05) is 6.92 Å². The Hall–Kier alpha value is -1.95. The van der Waals surface area contributed by atoms with Crippen molar-refractivity contribution in [3.63, 3.8) is 0 Å². The smallest absolute Gasteiger partial charge is 0.132 e. The van der Waals surface area contributed by atoms with Crippen LogP contribution in [0.2, 0.25) is 0 Å². The number of aryl methyl sites for hydroxylation is 2. The van der Waals surface area contributed by atoms with Crippen LogP contribution in [0.25, 0.3) is 0 Å². The second-order valence-corrected chi connectivity index (χ2v) is 7.91. The summed E-state index contributed by atoms with van der Waals surface area (Å²) in [5.74, 6) is 3.88. The molecule has 2 atom stereocenters. The van der Waals surface area contributed by atoms with E-state index < -0.39 is 0 Å². The maximum atomic E-state index is 4.72. The lowest BCUT2D eigenvalue weighted by atomic mass is 10.0. The molecule has 25 heavy (non-hydrogen) atoms. The van der Waals surface area contributed by atoms with Crippen molar-refractivity contribution in [2.24, 2.45) is 11.8 Å². The Morgan fingerprint density at radius 1 is 1.04 bits per heavy atom. The molecule has 0 saturated carbocycles. The molecule has 6 nitrogen and oxygen atoms in total. The van der Waals surface area contributed by atoms with Gasteiger partial charge in [0.2, 0.25) is 0 Å². The van der Waals surface area contributed by atoms with Gasteiger partial charge in [-0.1, -0.05) is 0 Å². The Morgan fingerprint density at radius 2 is 1.88 bits per heavy atom. The Morgan fingerprint density at radius 3 is 2.68 bits per heavy atom. The van der Waals surface area contributed by atoms with Crippen molar-refractivity contribution in [3.8, 4) is 0 Å². The maximum absolute atomic E-state index is 4.72. The lowest BCUT2D eigenvalue weighted by Crippen LogP contribution is -2.30. The lowest BCUT2D eigenvalue weighted by Gasteiger charge is -2.23. The molecule has 0 aliphatic carbocycles. The van der Waals surface area contributed by atoms with Gasteiger partial charge in [0.05, 0.1) is 6.54 Å². The van der Waals surface area contributed by atoms with E-state index >= 15 is 0 Å².